The number of benzene rings is 1. The summed E-state index contributed by atoms with van der Waals surface area (Å²) in [5, 5.41) is 0. The SMILES string of the molecule is CCCC(=O)c1c(C)ccc(C)c1OC(C)C. The van der Waals surface area contributed by atoms with Gasteiger partial charge in [0.2, 0.25) is 0 Å². The summed E-state index contributed by atoms with van der Waals surface area (Å²) in [5.74, 6) is 0.947. The van der Waals surface area contributed by atoms with Gasteiger partial charge in [-0.25, -0.2) is 0 Å². The van der Waals surface area contributed by atoms with Gasteiger partial charge in [-0.2, -0.15) is 0 Å². The first-order chi connectivity index (χ1) is 7.97. The summed E-state index contributed by atoms with van der Waals surface area (Å²) >= 11 is 0. The molecule has 0 unspecified atom stereocenters. The fourth-order valence-electron chi connectivity index (χ4n) is 1.87. The Morgan fingerprint density at radius 1 is 1.24 bits per heavy atom. The lowest BCUT2D eigenvalue weighted by atomic mass is 9.98. The van der Waals surface area contributed by atoms with Crippen LogP contribution >= 0.6 is 0 Å². The van der Waals surface area contributed by atoms with Gasteiger partial charge >= 0.3 is 0 Å². The molecule has 0 atom stereocenters. The topological polar surface area (TPSA) is 26.3 Å². The van der Waals surface area contributed by atoms with Crippen molar-refractivity contribution in [2.75, 3.05) is 0 Å². The van der Waals surface area contributed by atoms with Gasteiger partial charge in [-0.15, -0.1) is 0 Å². The minimum absolute atomic E-state index is 0.0867. The van der Waals surface area contributed by atoms with Crippen LogP contribution in [-0.2, 0) is 0 Å². The van der Waals surface area contributed by atoms with Gasteiger partial charge in [0, 0.05) is 6.42 Å². The van der Waals surface area contributed by atoms with E-state index in [0.717, 1.165) is 28.9 Å². The van der Waals surface area contributed by atoms with Crippen LogP contribution in [0.5, 0.6) is 5.75 Å². The Labute approximate surface area is 104 Å². The van der Waals surface area contributed by atoms with Crippen LogP contribution in [0.15, 0.2) is 12.1 Å². The number of rotatable bonds is 5. The summed E-state index contributed by atoms with van der Waals surface area (Å²) in [7, 11) is 0. The average Bonchev–Trinajstić information content (AvgIpc) is 2.23. The van der Waals surface area contributed by atoms with Gasteiger partial charge in [0.1, 0.15) is 5.75 Å². The zero-order valence-corrected chi connectivity index (χ0v) is 11.5. The van der Waals surface area contributed by atoms with E-state index < -0.39 is 0 Å². The Kier molecular flexibility index (Phi) is 4.73. The third-order valence-electron chi connectivity index (χ3n) is 2.67. The first-order valence-electron chi connectivity index (χ1n) is 6.27. The summed E-state index contributed by atoms with van der Waals surface area (Å²) in [6.45, 7) is 9.94. The summed E-state index contributed by atoms with van der Waals surface area (Å²) in [4.78, 5) is 12.1. The van der Waals surface area contributed by atoms with Crippen molar-refractivity contribution < 1.29 is 9.53 Å². The molecule has 0 N–H and O–H groups in total. The molecule has 0 spiro atoms. The third kappa shape index (κ3) is 3.32. The number of hydrogen-bond acceptors (Lipinski definition) is 2. The number of ketones is 1. The lowest BCUT2D eigenvalue weighted by molar-refractivity contribution is 0.0975. The zero-order valence-electron chi connectivity index (χ0n) is 11.5. The Bertz CT molecular complexity index is 406. The highest BCUT2D eigenvalue weighted by Gasteiger charge is 2.17. The molecule has 0 fully saturated rings. The highest BCUT2D eigenvalue weighted by atomic mass is 16.5. The predicted octanol–water partition coefficient (Wildman–Crippen LogP) is 4.07. The molecule has 0 saturated carbocycles. The Morgan fingerprint density at radius 3 is 2.35 bits per heavy atom. The maximum Gasteiger partial charge on any atom is 0.166 e. The van der Waals surface area contributed by atoms with Crippen molar-refractivity contribution in [1.29, 1.82) is 0 Å². The van der Waals surface area contributed by atoms with Crippen LogP contribution < -0.4 is 4.74 Å². The van der Waals surface area contributed by atoms with Crippen LogP contribution in [0.25, 0.3) is 0 Å². The fraction of sp³-hybridized carbons (Fsp3) is 0.533. The van der Waals surface area contributed by atoms with Gasteiger partial charge in [0.05, 0.1) is 11.7 Å². The zero-order chi connectivity index (χ0) is 13.0. The average molecular weight is 234 g/mol. The van der Waals surface area contributed by atoms with E-state index in [0.29, 0.717) is 6.42 Å². The van der Waals surface area contributed by atoms with Crippen LogP contribution in [0.4, 0.5) is 0 Å². The lowest BCUT2D eigenvalue weighted by Gasteiger charge is -2.17. The number of carbonyl (C=O) groups is 1. The molecule has 94 valence electrons. The Morgan fingerprint density at radius 2 is 1.82 bits per heavy atom. The van der Waals surface area contributed by atoms with Gasteiger partial charge in [-0.3, -0.25) is 4.79 Å². The summed E-state index contributed by atoms with van der Waals surface area (Å²) < 4.78 is 5.80. The minimum atomic E-state index is 0.0867. The van der Waals surface area contributed by atoms with Crippen molar-refractivity contribution >= 4 is 5.78 Å². The molecule has 1 aromatic carbocycles. The van der Waals surface area contributed by atoms with Gasteiger partial charge in [0.25, 0.3) is 0 Å². The summed E-state index contributed by atoms with van der Waals surface area (Å²) in [6.07, 6.45) is 1.54. The van der Waals surface area contributed by atoms with Crippen LogP contribution in [0.2, 0.25) is 0 Å². The lowest BCUT2D eigenvalue weighted by Crippen LogP contribution is -2.12. The highest BCUT2D eigenvalue weighted by Crippen LogP contribution is 2.29. The quantitative estimate of drug-likeness (QED) is 0.718. The third-order valence-corrected chi connectivity index (χ3v) is 2.67. The van der Waals surface area contributed by atoms with Crippen molar-refractivity contribution in [3.05, 3.63) is 28.8 Å². The number of ether oxygens (including phenoxy) is 1. The monoisotopic (exact) mass is 234 g/mol. The van der Waals surface area contributed by atoms with Crippen molar-refractivity contribution in [2.45, 2.75) is 53.6 Å². The molecule has 0 aliphatic carbocycles. The molecule has 2 heteroatoms. The van der Waals surface area contributed by atoms with Gasteiger partial charge < -0.3 is 4.74 Å². The van der Waals surface area contributed by atoms with E-state index >= 15 is 0 Å². The second kappa shape index (κ2) is 5.85. The molecule has 0 amide bonds. The van der Waals surface area contributed by atoms with E-state index in [9.17, 15) is 4.79 Å². The van der Waals surface area contributed by atoms with E-state index in [1.807, 2.05) is 46.8 Å². The first kappa shape index (κ1) is 13.8. The predicted molar refractivity (Wildman–Crippen MR) is 70.9 cm³/mol. The van der Waals surface area contributed by atoms with E-state index in [-0.39, 0.29) is 11.9 Å². The first-order valence-corrected chi connectivity index (χ1v) is 6.27. The van der Waals surface area contributed by atoms with Gasteiger partial charge in [-0.1, -0.05) is 19.1 Å². The number of aryl methyl sites for hydroxylation is 2. The van der Waals surface area contributed by atoms with E-state index in [4.69, 9.17) is 4.74 Å². The van der Waals surface area contributed by atoms with Crippen molar-refractivity contribution in [2.24, 2.45) is 0 Å². The molecule has 0 aromatic heterocycles. The van der Waals surface area contributed by atoms with Crippen molar-refractivity contribution in [3.8, 4) is 5.75 Å². The smallest absolute Gasteiger partial charge is 0.166 e. The van der Waals surface area contributed by atoms with E-state index in [2.05, 4.69) is 0 Å². The second-order valence-corrected chi connectivity index (χ2v) is 4.74. The van der Waals surface area contributed by atoms with Crippen molar-refractivity contribution in [1.82, 2.24) is 0 Å². The molecular weight excluding hydrogens is 212 g/mol. The van der Waals surface area contributed by atoms with Crippen molar-refractivity contribution in [3.63, 3.8) is 0 Å². The van der Waals surface area contributed by atoms with Crippen LogP contribution in [-0.4, -0.2) is 11.9 Å². The van der Waals surface area contributed by atoms with Gasteiger partial charge in [-0.05, 0) is 45.2 Å². The largest absolute Gasteiger partial charge is 0.490 e. The second-order valence-electron chi connectivity index (χ2n) is 4.74. The van der Waals surface area contributed by atoms with E-state index in [1.165, 1.54) is 0 Å². The maximum atomic E-state index is 12.1. The fourth-order valence-corrected chi connectivity index (χ4v) is 1.87. The molecule has 0 heterocycles. The minimum Gasteiger partial charge on any atom is -0.490 e. The molecule has 17 heavy (non-hydrogen) atoms. The van der Waals surface area contributed by atoms with Crippen LogP contribution in [0, 0.1) is 13.8 Å². The highest BCUT2D eigenvalue weighted by molar-refractivity contribution is 6.00. The molecule has 1 rings (SSSR count). The molecular formula is C15H22O2. The molecule has 0 saturated heterocycles. The van der Waals surface area contributed by atoms with Crippen LogP contribution in [0.1, 0.15) is 55.1 Å². The molecule has 0 aliphatic heterocycles. The molecule has 0 bridgehead atoms. The van der Waals surface area contributed by atoms with Crippen LogP contribution in [0.3, 0.4) is 0 Å². The maximum absolute atomic E-state index is 12.1. The Balaban J connectivity index is 3.24. The molecule has 2 nitrogen and oxygen atoms in total. The Hall–Kier alpha value is -1.31. The number of Topliss-reactive ketones (excluding diaryl/α,β-unsaturated/α-hetero) is 1. The molecule has 1 aromatic rings. The molecule has 0 radical (unpaired) electrons. The normalized spacial score (nSPS) is 10.7. The van der Waals surface area contributed by atoms with E-state index in [1.54, 1.807) is 0 Å². The molecule has 0 aliphatic rings. The standard InChI is InChI=1S/C15H22O2/c1-6-7-13(16)14-11(4)8-9-12(5)15(14)17-10(2)3/h8-10H,6-7H2,1-5H3. The number of carbonyl (C=O) groups excluding carboxylic acids is 1. The summed E-state index contributed by atoms with van der Waals surface area (Å²) in [6, 6.07) is 4.00. The van der Waals surface area contributed by atoms with Gasteiger partial charge in [0.15, 0.2) is 5.78 Å². The summed E-state index contributed by atoms with van der Waals surface area (Å²) in [5.41, 5.74) is 2.80. The number of hydrogen-bond donors (Lipinski definition) is 0.